The predicted molar refractivity (Wildman–Crippen MR) is 90.4 cm³/mol. The number of carboxylic acid groups (broad SMARTS) is 3. The van der Waals surface area contributed by atoms with E-state index >= 15 is 0 Å². The first kappa shape index (κ1) is 25.6. The Morgan fingerprint density at radius 1 is 0.696 bits per heavy atom. The van der Waals surface area contributed by atoms with Crippen molar-refractivity contribution < 1.29 is 29.7 Å². The van der Waals surface area contributed by atoms with Crippen molar-refractivity contribution in [2.24, 2.45) is 0 Å². The lowest BCUT2D eigenvalue weighted by Gasteiger charge is -2.05. The van der Waals surface area contributed by atoms with E-state index in [2.05, 4.69) is 13.2 Å². The molecule has 0 heterocycles. The topological polar surface area (TPSA) is 112 Å². The number of hydrogen-bond donors (Lipinski definition) is 3. The lowest BCUT2D eigenvalue weighted by atomic mass is 10.0. The summed E-state index contributed by atoms with van der Waals surface area (Å²) in [5.41, 5.74) is 2.01. The van der Waals surface area contributed by atoms with Gasteiger partial charge in [-0.25, -0.2) is 14.4 Å². The SMILES string of the molecule is C=C(C)C(=O)O.C=C(C)C(=O)O.CCC(CC)=C(CC)C(=O)O. The molecule has 0 atom stereocenters. The van der Waals surface area contributed by atoms with Crippen LogP contribution in [0.1, 0.15) is 53.9 Å². The van der Waals surface area contributed by atoms with Crippen molar-refractivity contribution in [1.29, 1.82) is 0 Å². The highest BCUT2D eigenvalue weighted by Gasteiger charge is 2.08. The Kier molecular flexibility index (Phi) is 16.2. The second kappa shape index (κ2) is 14.6. The molecular formula is C17H28O6. The minimum atomic E-state index is -0.935. The first-order valence-electron chi connectivity index (χ1n) is 7.17. The monoisotopic (exact) mass is 328 g/mol. The van der Waals surface area contributed by atoms with Crippen LogP contribution in [0.4, 0.5) is 0 Å². The molecule has 0 aliphatic rings. The van der Waals surface area contributed by atoms with Crippen LogP contribution in [-0.4, -0.2) is 33.2 Å². The van der Waals surface area contributed by atoms with Crippen molar-refractivity contribution in [1.82, 2.24) is 0 Å². The van der Waals surface area contributed by atoms with Crippen LogP contribution in [0.3, 0.4) is 0 Å². The fourth-order valence-electron chi connectivity index (χ4n) is 1.23. The summed E-state index contributed by atoms with van der Waals surface area (Å²) in [6.07, 6.45) is 2.34. The normalized spacial score (nSPS) is 8.39. The van der Waals surface area contributed by atoms with Gasteiger partial charge in [0.25, 0.3) is 0 Å². The van der Waals surface area contributed by atoms with Crippen LogP contribution in [-0.2, 0) is 14.4 Å². The van der Waals surface area contributed by atoms with Gasteiger partial charge >= 0.3 is 17.9 Å². The molecule has 0 radical (unpaired) electrons. The van der Waals surface area contributed by atoms with Gasteiger partial charge in [-0.3, -0.25) is 0 Å². The summed E-state index contributed by atoms with van der Waals surface area (Å²) in [5, 5.41) is 24.5. The molecule has 0 aromatic heterocycles. The zero-order valence-electron chi connectivity index (χ0n) is 14.6. The van der Waals surface area contributed by atoms with E-state index in [0.29, 0.717) is 12.0 Å². The van der Waals surface area contributed by atoms with Crippen LogP contribution in [0.5, 0.6) is 0 Å². The Morgan fingerprint density at radius 3 is 1.00 bits per heavy atom. The molecule has 0 amide bonds. The molecule has 0 spiro atoms. The predicted octanol–water partition coefficient (Wildman–Crippen LogP) is 3.89. The minimum absolute atomic E-state index is 0.176. The van der Waals surface area contributed by atoms with Crippen molar-refractivity contribution in [3.8, 4) is 0 Å². The zero-order valence-corrected chi connectivity index (χ0v) is 14.6. The summed E-state index contributed by atoms with van der Waals surface area (Å²) >= 11 is 0. The van der Waals surface area contributed by atoms with Gasteiger partial charge in [0, 0.05) is 16.7 Å². The second-order valence-corrected chi connectivity index (χ2v) is 4.62. The van der Waals surface area contributed by atoms with Gasteiger partial charge in [0.2, 0.25) is 0 Å². The quantitative estimate of drug-likeness (QED) is 0.638. The maximum atomic E-state index is 10.6. The van der Waals surface area contributed by atoms with Crippen LogP contribution < -0.4 is 0 Å². The molecule has 6 nitrogen and oxygen atoms in total. The van der Waals surface area contributed by atoms with Crippen LogP contribution >= 0.6 is 0 Å². The van der Waals surface area contributed by atoms with Gasteiger partial charge in [0.15, 0.2) is 0 Å². The smallest absolute Gasteiger partial charge is 0.331 e. The van der Waals surface area contributed by atoms with E-state index in [4.69, 9.17) is 15.3 Å². The molecule has 0 bridgehead atoms. The first-order chi connectivity index (χ1) is 10.5. The van der Waals surface area contributed by atoms with Crippen LogP contribution in [0, 0.1) is 0 Å². The van der Waals surface area contributed by atoms with E-state index in [-0.39, 0.29) is 11.1 Å². The summed E-state index contributed by atoms with van der Waals surface area (Å²) < 4.78 is 0. The van der Waals surface area contributed by atoms with Gasteiger partial charge in [-0.15, -0.1) is 0 Å². The largest absolute Gasteiger partial charge is 0.478 e. The average molecular weight is 328 g/mol. The Labute approximate surface area is 137 Å². The molecule has 0 aliphatic heterocycles. The highest BCUT2D eigenvalue weighted by Crippen LogP contribution is 2.15. The lowest BCUT2D eigenvalue weighted by Crippen LogP contribution is -2.03. The van der Waals surface area contributed by atoms with E-state index in [1.54, 1.807) is 0 Å². The van der Waals surface area contributed by atoms with Gasteiger partial charge in [-0.2, -0.15) is 0 Å². The van der Waals surface area contributed by atoms with Crippen LogP contribution in [0.15, 0.2) is 35.5 Å². The van der Waals surface area contributed by atoms with Gasteiger partial charge < -0.3 is 15.3 Å². The number of aliphatic carboxylic acids is 3. The highest BCUT2D eigenvalue weighted by atomic mass is 16.4. The molecule has 3 N–H and O–H groups in total. The van der Waals surface area contributed by atoms with E-state index in [1.165, 1.54) is 13.8 Å². The summed E-state index contributed by atoms with van der Waals surface area (Å²) in [4.78, 5) is 29.8. The van der Waals surface area contributed by atoms with Crippen molar-refractivity contribution in [3.05, 3.63) is 35.5 Å². The molecule has 0 rings (SSSR count). The number of rotatable bonds is 6. The van der Waals surface area contributed by atoms with Crippen molar-refractivity contribution in [3.63, 3.8) is 0 Å². The van der Waals surface area contributed by atoms with Crippen molar-refractivity contribution in [2.45, 2.75) is 53.9 Å². The van der Waals surface area contributed by atoms with E-state index in [1.807, 2.05) is 20.8 Å². The lowest BCUT2D eigenvalue weighted by molar-refractivity contribution is -0.133. The molecule has 23 heavy (non-hydrogen) atoms. The molecule has 6 heteroatoms. The van der Waals surface area contributed by atoms with Gasteiger partial charge in [-0.1, -0.05) is 39.5 Å². The third-order valence-corrected chi connectivity index (χ3v) is 2.62. The maximum Gasteiger partial charge on any atom is 0.331 e. The minimum Gasteiger partial charge on any atom is -0.478 e. The van der Waals surface area contributed by atoms with E-state index in [9.17, 15) is 14.4 Å². The van der Waals surface area contributed by atoms with Gasteiger partial charge in [0.05, 0.1) is 0 Å². The maximum absolute atomic E-state index is 10.6. The van der Waals surface area contributed by atoms with Gasteiger partial charge in [0.1, 0.15) is 0 Å². The standard InChI is InChI=1S/C9H16O2.2C4H6O2/c1-4-7(5-2)8(6-3)9(10)11;2*1-3(2)4(5)6/h4-6H2,1-3H3,(H,10,11);2*1H2,2H3,(H,5,6). The third-order valence-electron chi connectivity index (χ3n) is 2.62. The molecule has 132 valence electrons. The van der Waals surface area contributed by atoms with E-state index < -0.39 is 17.9 Å². The Balaban J connectivity index is -0.000000284. The summed E-state index contributed by atoms with van der Waals surface area (Å²) in [7, 11) is 0. The molecule has 0 saturated carbocycles. The number of allylic oxidation sites excluding steroid dienone is 1. The number of hydrogen-bond acceptors (Lipinski definition) is 3. The fraction of sp³-hybridized carbons (Fsp3) is 0.471. The highest BCUT2D eigenvalue weighted by molar-refractivity contribution is 5.87. The fourth-order valence-corrected chi connectivity index (χ4v) is 1.23. The van der Waals surface area contributed by atoms with Crippen LogP contribution in [0.2, 0.25) is 0 Å². The summed E-state index contributed by atoms with van der Waals surface area (Å²) in [6.45, 7) is 15.1. The third kappa shape index (κ3) is 15.8. The molecular weight excluding hydrogens is 300 g/mol. The Hall–Kier alpha value is -2.37. The average Bonchev–Trinajstić information content (AvgIpc) is 2.45. The van der Waals surface area contributed by atoms with Crippen molar-refractivity contribution in [2.75, 3.05) is 0 Å². The Morgan fingerprint density at radius 2 is 0.957 bits per heavy atom. The van der Waals surface area contributed by atoms with Gasteiger partial charge in [-0.05, 0) is 33.1 Å². The molecule has 0 saturated heterocycles. The van der Waals surface area contributed by atoms with E-state index in [0.717, 1.165) is 18.4 Å². The molecule has 0 fully saturated rings. The molecule has 0 unspecified atom stereocenters. The Bertz CT molecular complexity index is 417. The van der Waals surface area contributed by atoms with Crippen LogP contribution in [0.25, 0.3) is 0 Å². The number of carboxylic acids is 3. The summed E-state index contributed by atoms with van der Waals surface area (Å²) in [6, 6.07) is 0. The first-order valence-corrected chi connectivity index (χ1v) is 7.17. The zero-order chi connectivity index (χ0) is 19.2. The second-order valence-electron chi connectivity index (χ2n) is 4.62. The summed E-state index contributed by atoms with van der Waals surface area (Å²) in [5.74, 6) is -2.63. The van der Waals surface area contributed by atoms with Crippen molar-refractivity contribution >= 4 is 17.9 Å². The molecule has 0 aliphatic carbocycles. The number of carbonyl (C=O) groups is 3. The molecule has 0 aromatic rings. The molecule has 0 aromatic carbocycles.